The average molecular weight is 512 g/mol. The molecule has 0 unspecified atom stereocenters. The van der Waals surface area contributed by atoms with Crippen molar-refractivity contribution in [3.8, 4) is 17.3 Å². The number of pyridine rings is 3. The van der Waals surface area contributed by atoms with Gasteiger partial charge in [0.25, 0.3) is 0 Å². The van der Waals surface area contributed by atoms with E-state index in [0.717, 1.165) is 43.3 Å². The van der Waals surface area contributed by atoms with Crippen molar-refractivity contribution in [2.75, 3.05) is 42.9 Å². The smallest absolute Gasteiger partial charge is 0.320 e. The van der Waals surface area contributed by atoms with E-state index in [1.807, 2.05) is 33.0 Å². The van der Waals surface area contributed by atoms with E-state index in [1.54, 1.807) is 18.3 Å². The highest BCUT2D eigenvalue weighted by molar-refractivity contribution is 5.72. The molecule has 3 aromatic rings. The molecule has 196 valence electrons. The summed E-state index contributed by atoms with van der Waals surface area (Å²) in [5, 5.41) is 12.5. The van der Waals surface area contributed by atoms with Crippen molar-refractivity contribution in [1.29, 1.82) is 5.26 Å². The zero-order valence-electron chi connectivity index (χ0n) is 22.1. The molecule has 4 heterocycles. The van der Waals surface area contributed by atoms with Crippen molar-refractivity contribution in [3.63, 3.8) is 0 Å². The summed E-state index contributed by atoms with van der Waals surface area (Å²) in [6, 6.07) is 13.9. The lowest BCUT2D eigenvalue weighted by molar-refractivity contribution is -0.156. The summed E-state index contributed by atoms with van der Waals surface area (Å²) in [5.41, 5.74) is 3.13. The molecule has 5 rings (SSSR count). The van der Waals surface area contributed by atoms with Crippen molar-refractivity contribution in [3.05, 3.63) is 59.9 Å². The maximum absolute atomic E-state index is 12.2. The number of anilines is 3. The third-order valence-electron chi connectivity index (χ3n) is 6.55. The Labute approximate surface area is 223 Å². The van der Waals surface area contributed by atoms with Gasteiger partial charge in [-0.2, -0.15) is 5.26 Å². The van der Waals surface area contributed by atoms with Crippen LogP contribution in [0.1, 0.15) is 50.7 Å². The van der Waals surface area contributed by atoms with E-state index in [1.165, 1.54) is 18.4 Å². The quantitative estimate of drug-likeness (QED) is 0.459. The van der Waals surface area contributed by atoms with Gasteiger partial charge < -0.3 is 15.0 Å². The lowest BCUT2D eigenvalue weighted by atomic mass is 10.1. The van der Waals surface area contributed by atoms with Gasteiger partial charge in [-0.25, -0.2) is 15.0 Å². The minimum absolute atomic E-state index is 0.184. The summed E-state index contributed by atoms with van der Waals surface area (Å²) in [7, 11) is 0. The molecule has 1 aliphatic heterocycles. The van der Waals surface area contributed by atoms with Gasteiger partial charge in [-0.05, 0) is 81.5 Å². The first-order valence-corrected chi connectivity index (χ1v) is 13.1. The second kappa shape index (κ2) is 10.8. The lowest BCUT2D eigenvalue weighted by Gasteiger charge is -2.35. The maximum atomic E-state index is 12.2. The molecule has 0 spiro atoms. The average Bonchev–Trinajstić information content (AvgIpc) is 3.74. The molecule has 3 aromatic heterocycles. The summed E-state index contributed by atoms with van der Waals surface area (Å²) < 4.78 is 5.45. The maximum Gasteiger partial charge on any atom is 0.320 e. The number of hydrogen-bond acceptors (Lipinski definition) is 9. The molecule has 2 aliphatic rings. The fraction of sp³-hybridized carbons (Fsp3) is 0.414. The van der Waals surface area contributed by atoms with Gasteiger partial charge in [0.05, 0.1) is 23.9 Å². The van der Waals surface area contributed by atoms with Crippen LogP contribution in [0.3, 0.4) is 0 Å². The van der Waals surface area contributed by atoms with E-state index in [0.29, 0.717) is 29.7 Å². The molecule has 2 fully saturated rings. The molecule has 1 saturated heterocycles. The molecule has 1 N–H and O–H groups in total. The van der Waals surface area contributed by atoms with Crippen LogP contribution < -0.4 is 10.2 Å². The Morgan fingerprint density at radius 2 is 1.87 bits per heavy atom. The Hall–Kier alpha value is -4.03. The van der Waals surface area contributed by atoms with E-state index >= 15 is 0 Å². The third kappa shape index (κ3) is 6.64. The first kappa shape index (κ1) is 25.6. The number of nitriles is 1. The molecule has 0 aromatic carbocycles. The first-order chi connectivity index (χ1) is 18.3. The van der Waals surface area contributed by atoms with Crippen LogP contribution in [0.15, 0.2) is 48.8 Å². The fourth-order valence-electron chi connectivity index (χ4n) is 4.53. The Balaban J connectivity index is 1.25. The van der Waals surface area contributed by atoms with E-state index in [-0.39, 0.29) is 5.97 Å². The van der Waals surface area contributed by atoms with Gasteiger partial charge in [-0.3, -0.25) is 9.69 Å². The van der Waals surface area contributed by atoms with Crippen LogP contribution in [0.25, 0.3) is 11.3 Å². The van der Waals surface area contributed by atoms with Gasteiger partial charge in [0.2, 0.25) is 0 Å². The van der Waals surface area contributed by atoms with Crippen LogP contribution >= 0.6 is 0 Å². The Morgan fingerprint density at radius 3 is 2.53 bits per heavy atom. The van der Waals surface area contributed by atoms with Crippen LogP contribution in [0, 0.1) is 11.3 Å². The zero-order valence-corrected chi connectivity index (χ0v) is 22.1. The van der Waals surface area contributed by atoms with Crippen LogP contribution in [0.2, 0.25) is 0 Å². The summed E-state index contributed by atoms with van der Waals surface area (Å²) in [6.07, 6.45) is 5.86. The number of nitrogens with zero attached hydrogens (tertiary/aromatic N) is 6. The highest BCUT2D eigenvalue weighted by Gasteiger charge is 2.26. The summed E-state index contributed by atoms with van der Waals surface area (Å²) in [6.45, 7) is 9.14. The number of piperazine rings is 1. The predicted octanol–water partition coefficient (Wildman–Crippen LogP) is 4.49. The lowest BCUT2D eigenvalue weighted by Crippen LogP contribution is -2.48. The summed E-state index contributed by atoms with van der Waals surface area (Å²) >= 11 is 0. The predicted molar refractivity (Wildman–Crippen MR) is 146 cm³/mol. The fourth-order valence-corrected chi connectivity index (χ4v) is 4.53. The SMILES string of the molecule is CC(C)(C)OC(=O)CN1CCN(c2ccc(-c3cc(C4CC4)cc(Nc4cc(C#N)ccn4)n3)cn2)CC1. The second-order valence-corrected chi connectivity index (χ2v) is 10.9. The third-order valence-corrected chi connectivity index (χ3v) is 6.55. The molecule has 0 bridgehead atoms. The van der Waals surface area contributed by atoms with Gasteiger partial charge in [0, 0.05) is 44.1 Å². The highest BCUT2D eigenvalue weighted by atomic mass is 16.6. The van der Waals surface area contributed by atoms with Crippen LogP contribution in [-0.4, -0.2) is 64.1 Å². The number of carbonyl (C=O) groups is 1. The number of esters is 1. The first-order valence-electron chi connectivity index (χ1n) is 13.1. The number of hydrogen-bond donors (Lipinski definition) is 1. The highest BCUT2D eigenvalue weighted by Crippen LogP contribution is 2.42. The van der Waals surface area contributed by atoms with Crippen LogP contribution in [0.4, 0.5) is 17.5 Å². The van der Waals surface area contributed by atoms with Crippen LogP contribution in [0.5, 0.6) is 0 Å². The normalized spacial score (nSPS) is 16.1. The van der Waals surface area contributed by atoms with Gasteiger partial charge >= 0.3 is 5.97 Å². The number of nitrogens with one attached hydrogen (secondary N) is 1. The molecule has 38 heavy (non-hydrogen) atoms. The van der Waals surface area contributed by atoms with E-state index in [4.69, 9.17) is 14.7 Å². The van der Waals surface area contributed by atoms with Gasteiger partial charge in [-0.1, -0.05) is 0 Å². The molecular weight excluding hydrogens is 478 g/mol. The molecule has 1 aliphatic carbocycles. The van der Waals surface area contributed by atoms with Gasteiger partial charge in [0.1, 0.15) is 23.1 Å². The van der Waals surface area contributed by atoms with Crippen molar-refractivity contribution in [2.24, 2.45) is 0 Å². The Morgan fingerprint density at radius 1 is 1.08 bits per heavy atom. The van der Waals surface area contributed by atoms with Gasteiger partial charge in [0.15, 0.2) is 0 Å². The molecule has 9 nitrogen and oxygen atoms in total. The van der Waals surface area contributed by atoms with Crippen molar-refractivity contribution in [2.45, 2.75) is 45.1 Å². The Kier molecular flexibility index (Phi) is 7.25. The number of aromatic nitrogens is 3. The van der Waals surface area contributed by atoms with Crippen molar-refractivity contribution >= 4 is 23.4 Å². The van der Waals surface area contributed by atoms with Crippen molar-refractivity contribution in [1.82, 2.24) is 19.9 Å². The topological polar surface area (TPSA) is 107 Å². The van der Waals surface area contributed by atoms with E-state index in [9.17, 15) is 10.1 Å². The summed E-state index contributed by atoms with van der Waals surface area (Å²) in [5.74, 6) is 2.59. The minimum atomic E-state index is -0.464. The number of carbonyl (C=O) groups excluding carboxylic acids is 1. The summed E-state index contributed by atoms with van der Waals surface area (Å²) in [4.78, 5) is 30.4. The molecule has 1 saturated carbocycles. The van der Waals surface area contributed by atoms with Crippen LogP contribution in [-0.2, 0) is 9.53 Å². The van der Waals surface area contributed by atoms with E-state index in [2.05, 4.69) is 44.4 Å². The monoisotopic (exact) mass is 511 g/mol. The van der Waals surface area contributed by atoms with E-state index < -0.39 is 5.60 Å². The molecule has 0 atom stereocenters. The largest absolute Gasteiger partial charge is 0.459 e. The second-order valence-electron chi connectivity index (χ2n) is 10.9. The molecule has 9 heteroatoms. The standard InChI is InChI=1S/C29H33N7O2/c1-29(2,3)38-28(37)19-35-10-12-36(13-11-35)27-7-6-22(18-32-27)24-15-23(21-4-5-21)16-26(33-24)34-25-14-20(17-30)8-9-31-25/h6-9,14-16,18,21H,4-5,10-13,19H2,1-3H3,(H,31,33,34). The number of ether oxygens (including phenoxy) is 1. The molecular formula is C29H33N7O2. The van der Waals surface area contributed by atoms with Crippen molar-refractivity contribution < 1.29 is 9.53 Å². The molecule has 0 amide bonds. The molecule has 0 radical (unpaired) electrons. The Bertz CT molecular complexity index is 1330. The minimum Gasteiger partial charge on any atom is -0.459 e. The van der Waals surface area contributed by atoms with Gasteiger partial charge in [-0.15, -0.1) is 0 Å². The number of rotatable bonds is 7. The zero-order chi connectivity index (χ0) is 26.7.